The molecule has 1 fully saturated rings. The van der Waals surface area contributed by atoms with Crippen molar-refractivity contribution in [3.63, 3.8) is 0 Å². The number of hydrogen-bond acceptors (Lipinski definition) is 5. The van der Waals surface area contributed by atoms with Crippen molar-refractivity contribution in [3.8, 4) is 6.07 Å². The maximum Gasteiger partial charge on any atom is 0.332 e. The quantitative estimate of drug-likeness (QED) is 0.847. The summed E-state index contributed by atoms with van der Waals surface area (Å²) < 4.78 is 15.9. The van der Waals surface area contributed by atoms with Crippen LogP contribution < -0.4 is 21.9 Å². The van der Waals surface area contributed by atoms with Gasteiger partial charge in [0.15, 0.2) is 0 Å². The second kappa shape index (κ2) is 7.55. The van der Waals surface area contributed by atoms with Crippen molar-refractivity contribution in [1.82, 2.24) is 9.13 Å². The van der Waals surface area contributed by atoms with Crippen LogP contribution in [0.3, 0.4) is 0 Å². The highest BCUT2D eigenvalue weighted by atomic mass is 35.5. The van der Waals surface area contributed by atoms with E-state index in [0.717, 1.165) is 17.4 Å². The minimum absolute atomic E-state index is 0.0889. The lowest BCUT2D eigenvalue weighted by atomic mass is 10.1. The zero-order valence-electron chi connectivity index (χ0n) is 14.8. The van der Waals surface area contributed by atoms with Gasteiger partial charge in [0.1, 0.15) is 16.7 Å². The molecule has 0 amide bonds. The van der Waals surface area contributed by atoms with Crippen LogP contribution in [0.25, 0.3) is 0 Å². The molecule has 0 aliphatic carbocycles. The van der Waals surface area contributed by atoms with Gasteiger partial charge < -0.3 is 10.6 Å². The first-order valence-corrected chi connectivity index (χ1v) is 8.89. The fourth-order valence-corrected chi connectivity index (χ4v) is 3.70. The predicted octanol–water partition coefficient (Wildman–Crippen LogP) is 1.19. The summed E-state index contributed by atoms with van der Waals surface area (Å²) in [6, 6.07) is 5.63. The monoisotopic (exact) mass is 391 g/mol. The largest absolute Gasteiger partial charge is 0.355 e. The molecule has 0 spiro atoms. The molecule has 1 atom stereocenters. The van der Waals surface area contributed by atoms with Crippen molar-refractivity contribution >= 4 is 17.4 Å². The van der Waals surface area contributed by atoms with Crippen LogP contribution in [0.5, 0.6) is 0 Å². The molecule has 1 aromatic carbocycles. The maximum absolute atomic E-state index is 13.7. The van der Waals surface area contributed by atoms with Crippen LogP contribution in [0.2, 0.25) is 5.02 Å². The Hall–Kier alpha value is -2.63. The zero-order valence-corrected chi connectivity index (χ0v) is 15.5. The number of piperidine rings is 1. The summed E-state index contributed by atoms with van der Waals surface area (Å²) in [6.45, 7) is 0.948. The molecule has 2 N–H and O–H groups in total. The van der Waals surface area contributed by atoms with Gasteiger partial charge in [-0.05, 0) is 36.6 Å². The third-order valence-corrected chi connectivity index (χ3v) is 5.07. The van der Waals surface area contributed by atoms with E-state index in [0.29, 0.717) is 18.7 Å². The van der Waals surface area contributed by atoms with Crippen molar-refractivity contribution < 1.29 is 4.39 Å². The van der Waals surface area contributed by atoms with E-state index in [9.17, 15) is 19.2 Å². The first kappa shape index (κ1) is 19.1. The number of halogens is 2. The van der Waals surface area contributed by atoms with Gasteiger partial charge in [-0.15, -0.1) is 0 Å². The molecule has 2 heterocycles. The van der Waals surface area contributed by atoms with E-state index in [4.69, 9.17) is 17.3 Å². The van der Waals surface area contributed by atoms with E-state index in [1.807, 2.05) is 11.0 Å². The first-order valence-electron chi connectivity index (χ1n) is 8.52. The van der Waals surface area contributed by atoms with Crippen LogP contribution in [0, 0.1) is 17.1 Å². The highest BCUT2D eigenvalue weighted by molar-refractivity contribution is 6.32. The second-order valence-electron chi connectivity index (χ2n) is 6.63. The van der Waals surface area contributed by atoms with E-state index >= 15 is 0 Å². The molecule has 1 aliphatic heterocycles. The van der Waals surface area contributed by atoms with Gasteiger partial charge in [-0.25, -0.2) is 9.18 Å². The number of benzene rings is 1. The van der Waals surface area contributed by atoms with E-state index in [1.54, 1.807) is 0 Å². The number of nitriles is 1. The second-order valence-corrected chi connectivity index (χ2v) is 7.01. The number of rotatable bonds is 3. The number of nitrogens with zero attached hydrogens (tertiary/aromatic N) is 4. The maximum atomic E-state index is 13.7. The van der Waals surface area contributed by atoms with Crippen molar-refractivity contribution in [2.24, 2.45) is 12.8 Å². The van der Waals surface area contributed by atoms with E-state index in [-0.39, 0.29) is 29.0 Å². The van der Waals surface area contributed by atoms with E-state index in [2.05, 4.69) is 0 Å². The Morgan fingerprint density at radius 1 is 1.41 bits per heavy atom. The highest BCUT2D eigenvalue weighted by Gasteiger charge is 2.26. The molecule has 1 aliphatic rings. The normalized spacial score (nSPS) is 17.0. The Morgan fingerprint density at radius 3 is 2.81 bits per heavy atom. The van der Waals surface area contributed by atoms with Gasteiger partial charge in [-0.1, -0.05) is 11.6 Å². The molecular weight excluding hydrogens is 373 g/mol. The molecule has 0 unspecified atom stereocenters. The lowest BCUT2D eigenvalue weighted by Gasteiger charge is -2.34. The number of hydrogen-bond donors (Lipinski definition) is 1. The van der Waals surface area contributed by atoms with Crippen LogP contribution in [0.4, 0.5) is 10.2 Å². The van der Waals surface area contributed by atoms with Crippen LogP contribution in [-0.2, 0) is 13.6 Å². The molecule has 3 rings (SSSR count). The van der Waals surface area contributed by atoms with Crippen molar-refractivity contribution in [1.29, 1.82) is 5.26 Å². The van der Waals surface area contributed by atoms with Gasteiger partial charge in [0.2, 0.25) is 0 Å². The van der Waals surface area contributed by atoms with Gasteiger partial charge in [0, 0.05) is 26.2 Å². The topological polar surface area (TPSA) is 97.1 Å². The lowest BCUT2D eigenvalue weighted by molar-refractivity contribution is 0.491. The molecule has 2 aromatic rings. The molecule has 27 heavy (non-hydrogen) atoms. The third kappa shape index (κ3) is 3.61. The molecule has 142 valence electrons. The summed E-state index contributed by atoms with van der Waals surface area (Å²) in [5.74, 6) is -0.262. The van der Waals surface area contributed by atoms with Gasteiger partial charge in [-0.2, -0.15) is 5.26 Å². The minimum Gasteiger partial charge on any atom is -0.355 e. The van der Waals surface area contributed by atoms with E-state index < -0.39 is 17.1 Å². The van der Waals surface area contributed by atoms with Crippen molar-refractivity contribution in [3.05, 3.63) is 61.0 Å². The van der Waals surface area contributed by atoms with E-state index in [1.165, 1.54) is 29.8 Å². The van der Waals surface area contributed by atoms with Gasteiger partial charge in [-0.3, -0.25) is 13.9 Å². The molecule has 1 saturated heterocycles. The average Bonchev–Trinajstić information content (AvgIpc) is 2.65. The Labute approximate surface area is 160 Å². The molecule has 0 radical (unpaired) electrons. The standard InChI is InChI=1S/C18H19ClFN5O2/c1-23-17(26)15(19)16(24-6-2-3-14(22)10-24)25(18(23)27)9-12-7-13(20)5-4-11(12)8-21/h4-5,7,14H,2-3,6,9-10,22H2,1H3/t14-/m1/s1. The summed E-state index contributed by atoms with van der Waals surface area (Å²) in [7, 11) is 1.33. The average molecular weight is 392 g/mol. The summed E-state index contributed by atoms with van der Waals surface area (Å²) in [5, 5.41) is 9.20. The SMILES string of the molecule is Cn1c(=O)c(Cl)c(N2CCC[C@@H](N)C2)n(Cc2cc(F)ccc2C#N)c1=O. The molecular formula is C18H19ClFN5O2. The van der Waals surface area contributed by atoms with Crippen LogP contribution in [0.15, 0.2) is 27.8 Å². The minimum atomic E-state index is -0.605. The number of nitrogens with two attached hydrogens (primary N) is 1. The highest BCUT2D eigenvalue weighted by Crippen LogP contribution is 2.25. The Bertz CT molecular complexity index is 1040. The molecule has 9 heteroatoms. The number of aromatic nitrogens is 2. The molecule has 7 nitrogen and oxygen atoms in total. The van der Waals surface area contributed by atoms with Crippen molar-refractivity contribution in [2.75, 3.05) is 18.0 Å². The summed E-state index contributed by atoms with van der Waals surface area (Å²) in [4.78, 5) is 27.0. The molecule has 1 aromatic heterocycles. The summed E-state index contributed by atoms with van der Waals surface area (Å²) >= 11 is 6.31. The number of anilines is 1. The summed E-state index contributed by atoms with van der Waals surface area (Å²) in [5.41, 5.74) is 5.42. The third-order valence-electron chi connectivity index (χ3n) is 4.74. The Morgan fingerprint density at radius 2 is 2.15 bits per heavy atom. The van der Waals surface area contributed by atoms with Crippen molar-refractivity contribution in [2.45, 2.75) is 25.4 Å². The zero-order chi connectivity index (χ0) is 19.7. The van der Waals surface area contributed by atoms with Crippen LogP contribution in [0.1, 0.15) is 24.0 Å². The first-order chi connectivity index (χ1) is 12.8. The molecule has 0 saturated carbocycles. The predicted molar refractivity (Wildman–Crippen MR) is 101 cm³/mol. The fourth-order valence-electron chi connectivity index (χ4n) is 3.35. The van der Waals surface area contributed by atoms with Gasteiger partial charge in [0.05, 0.1) is 18.2 Å². The molecule has 0 bridgehead atoms. The van der Waals surface area contributed by atoms with Crippen LogP contribution in [-0.4, -0.2) is 28.3 Å². The lowest BCUT2D eigenvalue weighted by Crippen LogP contribution is -2.48. The smallest absolute Gasteiger partial charge is 0.332 e. The Kier molecular flexibility index (Phi) is 5.35. The van der Waals surface area contributed by atoms with Crippen LogP contribution >= 0.6 is 11.6 Å². The summed E-state index contributed by atoms with van der Waals surface area (Å²) in [6.07, 6.45) is 1.63. The van der Waals surface area contributed by atoms with Gasteiger partial charge >= 0.3 is 5.69 Å². The Balaban J connectivity index is 2.20. The van der Waals surface area contributed by atoms with Gasteiger partial charge in [0.25, 0.3) is 5.56 Å². The fraction of sp³-hybridized carbons (Fsp3) is 0.389.